The predicted molar refractivity (Wildman–Crippen MR) is 149 cm³/mol. The topological polar surface area (TPSA) is 141 Å². The molecular weight excluding hydrogens is 516 g/mol. The zero-order chi connectivity index (χ0) is 27.5. The number of hydrogen-bond donors (Lipinski definition) is 3. The highest BCUT2D eigenvalue weighted by Crippen LogP contribution is 2.50. The average Bonchev–Trinajstić information content (AvgIpc) is 3.62. The van der Waals surface area contributed by atoms with Gasteiger partial charge in [0, 0.05) is 30.7 Å². The molecular formula is C28H32N6O4S. The fourth-order valence-corrected chi connectivity index (χ4v) is 7.81. The van der Waals surface area contributed by atoms with Crippen molar-refractivity contribution in [3.8, 4) is 0 Å². The summed E-state index contributed by atoms with van der Waals surface area (Å²) in [7, 11) is 2.20. The zero-order valence-electron chi connectivity index (χ0n) is 22.0. The molecule has 2 saturated heterocycles. The monoisotopic (exact) mass is 548 g/mol. The standard InChI is InChI=1S/C28H32N6O4S/c1-15-3-5-21(34(13-15)26(38)25(37)31-17-10-19(23(29)35)24(36)30-12-17)16-4-6-22-20(9-16)32-27(39-22)28-8-7-18(11-28)33(2)14-28/h4,6,9-10,12,15,18,21H,3,5,7-8,11,13-14H2,1-2H3,(H2,29,35)(H,30,36)(H,31,37)/t15-,18?,21+,28+/m0/s1. The first-order valence-electron chi connectivity index (χ1n) is 13.4. The number of likely N-dealkylation sites (tertiary alicyclic amines) is 2. The summed E-state index contributed by atoms with van der Waals surface area (Å²) in [4.78, 5) is 61.2. The van der Waals surface area contributed by atoms with Crippen molar-refractivity contribution in [3.05, 3.63) is 57.0 Å². The number of primary amides is 1. The number of carbonyl (C=O) groups excluding carboxylic acids is 3. The SMILES string of the molecule is C[C@H]1CC[C@H](c2ccc3sc([C@]45CCC(C4)N(C)C5)nc3c2)N(C(=O)C(=O)Nc2c[nH]c(=O)c(C(N)=O)c2)C1. The number of rotatable bonds is 4. The molecule has 6 rings (SSSR count). The molecule has 3 aliphatic rings. The normalized spacial score (nSPS) is 26.7. The van der Waals surface area contributed by atoms with E-state index in [2.05, 4.69) is 47.4 Å². The highest BCUT2D eigenvalue weighted by atomic mass is 32.1. The van der Waals surface area contributed by atoms with Gasteiger partial charge in [0.25, 0.3) is 11.5 Å². The summed E-state index contributed by atoms with van der Waals surface area (Å²) in [6.45, 7) is 3.57. The number of piperidine rings is 2. The van der Waals surface area contributed by atoms with E-state index in [0.29, 0.717) is 12.6 Å². The Balaban J connectivity index is 1.25. The van der Waals surface area contributed by atoms with E-state index in [9.17, 15) is 19.2 Å². The fourth-order valence-electron chi connectivity index (χ4n) is 6.64. The van der Waals surface area contributed by atoms with E-state index in [1.807, 2.05) is 0 Å². The number of nitrogens with one attached hydrogen (secondary N) is 2. The van der Waals surface area contributed by atoms with Gasteiger partial charge in [0.1, 0.15) is 10.6 Å². The van der Waals surface area contributed by atoms with Crippen molar-refractivity contribution in [3.63, 3.8) is 0 Å². The van der Waals surface area contributed by atoms with E-state index < -0.39 is 23.3 Å². The summed E-state index contributed by atoms with van der Waals surface area (Å²) in [6.07, 6.45) is 6.49. The van der Waals surface area contributed by atoms with Crippen LogP contribution in [-0.2, 0) is 15.0 Å². The molecule has 4 N–H and O–H groups in total. The highest BCUT2D eigenvalue weighted by Gasteiger charge is 2.50. The number of H-pyrrole nitrogens is 1. The Kier molecular flexibility index (Phi) is 6.30. The Labute approximate surface area is 229 Å². The van der Waals surface area contributed by atoms with Crippen molar-refractivity contribution < 1.29 is 14.4 Å². The predicted octanol–water partition coefficient (Wildman–Crippen LogP) is 2.76. The maximum atomic E-state index is 13.4. The summed E-state index contributed by atoms with van der Waals surface area (Å²) < 4.78 is 1.14. The molecule has 3 aromatic rings. The Hall–Kier alpha value is -3.57. The number of nitrogens with two attached hydrogens (primary N) is 1. The first-order valence-corrected chi connectivity index (χ1v) is 14.2. The number of hydrogen-bond acceptors (Lipinski definition) is 7. The number of fused-ring (bicyclic) bond motifs is 3. The van der Waals surface area contributed by atoms with E-state index in [1.54, 1.807) is 16.2 Å². The van der Waals surface area contributed by atoms with Gasteiger partial charge in [-0.15, -0.1) is 11.3 Å². The van der Waals surface area contributed by atoms with Crippen LogP contribution in [0.25, 0.3) is 10.2 Å². The van der Waals surface area contributed by atoms with Crippen LogP contribution in [0.5, 0.6) is 0 Å². The van der Waals surface area contributed by atoms with Crippen LogP contribution in [0.2, 0.25) is 0 Å². The highest BCUT2D eigenvalue weighted by molar-refractivity contribution is 7.18. The average molecular weight is 549 g/mol. The van der Waals surface area contributed by atoms with Crippen molar-refractivity contribution >= 4 is 45.0 Å². The Morgan fingerprint density at radius 1 is 1.21 bits per heavy atom. The summed E-state index contributed by atoms with van der Waals surface area (Å²) in [5, 5.41) is 3.72. The van der Waals surface area contributed by atoms with E-state index in [4.69, 9.17) is 10.7 Å². The molecule has 11 heteroatoms. The van der Waals surface area contributed by atoms with Gasteiger partial charge in [0.2, 0.25) is 0 Å². The molecule has 39 heavy (non-hydrogen) atoms. The molecule has 2 aliphatic heterocycles. The van der Waals surface area contributed by atoms with Gasteiger partial charge in [-0.1, -0.05) is 13.0 Å². The van der Waals surface area contributed by atoms with Crippen LogP contribution in [0.4, 0.5) is 5.69 Å². The van der Waals surface area contributed by atoms with Gasteiger partial charge in [-0.2, -0.15) is 0 Å². The number of pyridine rings is 1. The quantitative estimate of drug-likeness (QED) is 0.428. The number of aromatic amines is 1. The summed E-state index contributed by atoms with van der Waals surface area (Å²) >= 11 is 1.78. The lowest BCUT2D eigenvalue weighted by Crippen LogP contribution is -2.46. The molecule has 2 aromatic heterocycles. The van der Waals surface area contributed by atoms with Gasteiger partial charge >= 0.3 is 11.8 Å². The second-order valence-corrected chi connectivity index (χ2v) is 12.5. The summed E-state index contributed by atoms with van der Waals surface area (Å²) in [5.74, 6) is -2.18. The lowest BCUT2D eigenvalue weighted by atomic mass is 9.88. The fraction of sp³-hybridized carbons (Fsp3) is 0.464. The Bertz CT molecular complexity index is 1540. The molecule has 1 aromatic carbocycles. The van der Waals surface area contributed by atoms with Crippen LogP contribution < -0.4 is 16.6 Å². The van der Waals surface area contributed by atoms with Crippen molar-refractivity contribution in [2.75, 3.05) is 25.5 Å². The maximum Gasteiger partial charge on any atom is 0.313 e. The number of carbonyl (C=O) groups is 3. The minimum atomic E-state index is -0.920. The van der Waals surface area contributed by atoms with Crippen LogP contribution in [0.1, 0.15) is 66.0 Å². The van der Waals surface area contributed by atoms with Crippen LogP contribution in [0.15, 0.2) is 35.3 Å². The third-order valence-corrected chi connectivity index (χ3v) is 9.99. The number of likely N-dealkylation sites (N-methyl/N-ethyl adjacent to an activating group) is 1. The first kappa shape index (κ1) is 25.7. The van der Waals surface area contributed by atoms with Crippen LogP contribution in [0, 0.1) is 5.92 Å². The van der Waals surface area contributed by atoms with Gasteiger partial charge in [-0.05, 0) is 68.8 Å². The molecule has 10 nitrogen and oxygen atoms in total. The van der Waals surface area contributed by atoms with Crippen LogP contribution >= 0.6 is 11.3 Å². The Morgan fingerprint density at radius 3 is 2.74 bits per heavy atom. The van der Waals surface area contributed by atoms with Crippen molar-refractivity contribution in [2.45, 2.75) is 56.5 Å². The minimum absolute atomic E-state index is 0.117. The number of benzene rings is 1. The lowest BCUT2D eigenvalue weighted by Gasteiger charge is -2.38. The molecule has 2 bridgehead atoms. The molecule has 3 amide bonds. The van der Waals surface area contributed by atoms with Crippen molar-refractivity contribution in [1.29, 1.82) is 0 Å². The largest absolute Gasteiger partial charge is 0.365 e. The molecule has 3 fully saturated rings. The van der Waals surface area contributed by atoms with Crippen molar-refractivity contribution in [1.82, 2.24) is 19.8 Å². The van der Waals surface area contributed by atoms with E-state index >= 15 is 0 Å². The van der Waals surface area contributed by atoms with Gasteiger partial charge in [-0.25, -0.2) is 4.98 Å². The summed E-state index contributed by atoms with van der Waals surface area (Å²) in [5.41, 5.74) is 6.46. The van der Waals surface area contributed by atoms with Gasteiger partial charge in [0.05, 0.1) is 21.9 Å². The molecule has 1 unspecified atom stereocenters. The second-order valence-electron chi connectivity index (χ2n) is 11.4. The van der Waals surface area contributed by atoms with Gasteiger partial charge < -0.3 is 25.8 Å². The molecule has 204 valence electrons. The number of thiazole rings is 1. The third-order valence-electron chi connectivity index (χ3n) is 8.71. The van der Waals surface area contributed by atoms with Gasteiger partial charge in [0.15, 0.2) is 0 Å². The number of aromatic nitrogens is 2. The van der Waals surface area contributed by atoms with Crippen LogP contribution in [0.3, 0.4) is 0 Å². The smallest absolute Gasteiger partial charge is 0.313 e. The third kappa shape index (κ3) is 4.53. The van der Waals surface area contributed by atoms with Crippen LogP contribution in [-0.4, -0.2) is 63.7 Å². The molecule has 1 aliphatic carbocycles. The molecule has 4 atom stereocenters. The molecule has 4 heterocycles. The van der Waals surface area contributed by atoms with E-state index in [0.717, 1.165) is 35.2 Å². The number of anilines is 1. The van der Waals surface area contributed by atoms with Crippen molar-refractivity contribution in [2.24, 2.45) is 11.7 Å². The van der Waals surface area contributed by atoms with E-state index in [1.165, 1.54) is 36.5 Å². The molecule has 1 saturated carbocycles. The van der Waals surface area contributed by atoms with E-state index in [-0.39, 0.29) is 28.6 Å². The minimum Gasteiger partial charge on any atom is -0.365 e. The van der Waals surface area contributed by atoms with Gasteiger partial charge in [-0.3, -0.25) is 19.2 Å². The lowest BCUT2D eigenvalue weighted by molar-refractivity contribution is -0.146. The number of nitrogens with zero attached hydrogens (tertiary/aromatic N) is 3. The second kappa shape index (κ2) is 9.56. The maximum absolute atomic E-state index is 13.4. The summed E-state index contributed by atoms with van der Waals surface area (Å²) in [6, 6.07) is 7.81. The molecule has 0 spiro atoms. The zero-order valence-corrected chi connectivity index (χ0v) is 22.8. The Morgan fingerprint density at radius 2 is 2.03 bits per heavy atom. The number of amides is 3. The molecule has 0 radical (unpaired) electrons. The first-order chi connectivity index (χ1) is 18.6.